The van der Waals surface area contributed by atoms with Crippen LogP contribution in [0.1, 0.15) is 50.3 Å². The molecule has 2 aliphatic carbocycles. The summed E-state index contributed by atoms with van der Waals surface area (Å²) in [6.45, 7) is 4.56. The van der Waals surface area contributed by atoms with Crippen molar-refractivity contribution < 1.29 is 10.7 Å². The summed E-state index contributed by atoms with van der Waals surface area (Å²) in [5.41, 5.74) is 3.17. The number of hydrogen-bond acceptors (Lipinski definition) is 6. The number of fused-ring (bicyclic) bond motifs is 3. The molecule has 2 saturated carbocycles. The molecule has 4 aromatic rings. The number of nitrogens with one attached hydrogen (secondary N) is 1. The van der Waals surface area contributed by atoms with Crippen molar-refractivity contribution in [2.45, 2.75) is 58.2 Å². The summed E-state index contributed by atoms with van der Waals surface area (Å²) in [6, 6.07) is 4.62. The van der Waals surface area contributed by atoms with Crippen LogP contribution in [0.2, 0.25) is 0 Å². The Morgan fingerprint density at radius 1 is 1.29 bits per heavy atom. The second-order valence-electron chi connectivity index (χ2n) is 8.65. The first-order valence-corrected chi connectivity index (χ1v) is 10.9. The van der Waals surface area contributed by atoms with Gasteiger partial charge in [0.2, 0.25) is 0 Å². The number of hydrogen-bond donors (Lipinski definition) is 1. The third kappa shape index (κ3) is 2.90. The Balaban J connectivity index is 0.00000216. The van der Waals surface area contributed by atoms with E-state index in [-0.39, 0.29) is 7.33 Å². The topological polar surface area (TPSA) is 94.0 Å². The van der Waals surface area contributed by atoms with Crippen molar-refractivity contribution in [2.75, 3.05) is 5.32 Å². The normalized spacial score (nSPS) is 16.4. The van der Waals surface area contributed by atoms with Crippen LogP contribution in [-0.4, -0.2) is 47.1 Å². The molecule has 31 heavy (non-hydrogen) atoms. The van der Waals surface area contributed by atoms with E-state index in [1.165, 1.54) is 0 Å². The molecule has 9 heteroatoms. The Morgan fingerprint density at radius 3 is 2.65 bits per heavy atom. The number of aryl methyl sites for hydroxylation is 3. The van der Waals surface area contributed by atoms with Gasteiger partial charge in [-0.15, -0.1) is 0 Å². The smallest absolute Gasteiger partial charge is 0.271 e. The number of anilines is 2. The Kier molecular flexibility index (Phi) is 3.90. The monoisotopic (exact) mass is 421 g/mol. The SMILES string of the molecule is CCn1c(C(=O)N(C2CC2)C2CC2)cc2c3c(ncn3C)c(Nc3cc(C)on3)nc21.[HH]. The van der Waals surface area contributed by atoms with Gasteiger partial charge >= 0.3 is 0 Å². The molecule has 0 spiro atoms. The lowest BCUT2D eigenvalue weighted by Gasteiger charge is -2.22. The molecular weight excluding hydrogens is 394 g/mol. The Hall–Kier alpha value is -3.36. The number of carbonyl (C=O) groups is 1. The fourth-order valence-electron chi connectivity index (χ4n) is 4.51. The van der Waals surface area contributed by atoms with E-state index in [4.69, 9.17) is 9.51 Å². The van der Waals surface area contributed by atoms with Gasteiger partial charge in [-0.3, -0.25) is 4.79 Å². The third-order valence-corrected chi connectivity index (χ3v) is 6.23. The number of amides is 1. The molecule has 0 radical (unpaired) electrons. The largest absolute Gasteiger partial charge is 0.360 e. The predicted octanol–water partition coefficient (Wildman–Crippen LogP) is 4.00. The van der Waals surface area contributed by atoms with Crippen molar-refractivity contribution in [1.29, 1.82) is 0 Å². The molecule has 0 bridgehead atoms. The summed E-state index contributed by atoms with van der Waals surface area (Å²) in [6.07, 6.45) is 6.23. The van der Waals surface area contributed by atoms with E-state index in [2.05, 4.69) is 27.3 Å². The van der Waals surface area contributed by atoms with Gasteiger partial charge in [-0.05, 0) is 45.6 Å². The number of nitrogens with zero attached hydrogens (tertiary/aromatic N) is 6. The van der Waals surface area contributed by atoms with Gasteiger partial charge in [0.25, 0.3) is 5.91 Å². The number of imidazole rings is 1. The van der Waals surface area contributed by atoms with Gasteiger partial charge in [0.15, 0.2) is 11.6 Å². The van der Waals surface area contributed by atoms with Crippen molar-refractivity contribution >= 4 is 39.6 Å². The minimum Gasteiger partial charge on any atom is -0.360 e. The third-order valence-electron chi connectivity index (χ3n) is 6.23. The molecule has 2 fully saturated rings. The molecule has 0 saturated heterocycles. The van der Waals surface area contributed by atoms with Gasteiger partial charge < -0.3 is 23.9 Å². The van der Waals surface area contributed by atoms with Crippen LogP contribution >= 0.6 is 0 Å². The molecule has 0 aliphatic heterocycles. The first-order valence-electron chi connectivity index (χ1n) is 10.9. The van der Waals surface area contributed by atoms with Crippen LogP contribution in [0.5, 0.6) is 0 Å². The number of carbonyl (C=O) groups excluding carboxylic acids is 1. The maximum Gasteiger partial charge on any atom is 0.271 e. The molecular formula is C22H27N7O2. The van der Waals surface area contributed by atoms with E-state index in [9.17, 15) is 4.79 Å². The standard InChI is InChI=1S/C22H25N7O2.H2/c1-4-28-16(22(30)29(13-5-6-13)14-7-8-14)10-15-19-18(23-11-27(19)3)20(25-21(15)28)24-17-9-12(2)31-26-17;/h9-11,13-14H,4-8H2,1-3H3,(H,24,25,26);1H. The minimum absolute atomic E-state index is 0. The van der Waals surface area contributed by atoms with Gasteiger partial charge in [-0.2, -0.15) is 0 Å². The summed E-state index contributed by atoms with van der Waals surface area (Å²) in [5, 5.41) is 8.21. The van der Waals surface area contributed by atoms with Crippen LogP contribution in [0.3, 0.4) is 0 Å². The van der Waals surface area contributed by atoms with E-state index in [0.717, 1.165) is 47.8 Å². The first-order chi connectivity index (χ1) is 15.0. The fraction of sp³-hybridized carbons (Fsp3) is 0.455. The Labute approximate surface area is 180 Å². The molecule has 1 amide bonds. The summed E-state index contributed by atoms with van der Waals surface area (Å²) in [5.74, 6) is 2.02. The number of pyridine rings is 1. The fourth-order valence-corrected chi connectivity index (χ4v) is 4.51. The second kappa shape index (κ2) is 6.57. The van der Waals surface area contributed by atoms with E-state index < -0.39 is 0 Å². The van der Waals surface area contributed by atoms with E-state index in [1.807, 2.05) is 35.2 Å². The van der Waals surface area contributed by atoms with Crippen molar-refractivity contribution in [3.05, 3.63) is 29.9 Å². The van der Waals surface area contributed by atoms with Gasteiger partial charge in [-0.1, -0.05) is 5.16 Å². The van der Waals surface area contributed by atoms with Crippen LogP contribution in [0, 0.1) is 6.92 Å². The Bertz CT molecular complexity index is 1320. The average Bonchev–Trinajstić information content (AvgIpc) is 3.66. The lowest BCUT2D eigenvalue weighted by atomic mass is 10.2. The van der Waals surface area contributed by atoms with E-state index in [1.54, 1.807) is 6.33 Å². The molecule has 6 rings (SSSR count). The van der Waals surface area contributed by atoms with E-state index >= 15 is 0 Å². The van der Waals surface area contributed by atoms with E-state index in [0.29, 0.717) is 41.7 Å². The molecule has 1 N–H and O–H groups in total. The molecule has 0 aromatic carbocycles. The highest BCUT2D eigenvalue weighted by Crippen LogP contribution is 2.39. The number of rotatable bonds is 6. The summed E-state index contributed by atoms with van der Waals surface area (Å²) in [7, 11) is 1.96. The van der Waals surface area contributed by atoms with Crippen LogP contribution < -0.4 is 5.32 Å². The maximum absolute atomic E-state index is 13.6. The van der Waals surface area contributed by atoms with Crippen LogP contribution in [0.25, 0.3) is 22.1 Å². The zero-order valence-electron chi connectivity index (χ0n) is 17.9. The molecule has 162 valence electrons. The van der Waals surface area contributed by atoms with Crippen molar-refractivity contribution in [1.82, 2.24) is 29.2 Å². The zero-order valence-corrected chi connectivity index (χ0v) is 17.9. The highest BCUT2D eigenvalue weighted by atomic mass is 16.5. The molecule has 4 heterocycles. The maximum atomic E-state index is 13.6. The van der Waals surface area contributed by atoms with Crippen LogP contribution in [0.15, 0.2) is 23.0 Å². The average molecular weight is 422 g/mol. The summed E-state index contributed by atoms with van der Waals surface area (Å²) >= 11 is 0. The highest BCUT2D eigenvalue weighted by Gasteiger charge is 2.43. The first kappa shape index (κ1) is 18.4. The molecule has 4 aromatic heterocycles. The van der Waals surface area contributed by atoms with Crippen LogP contribution in [-0.2, 0) is 13.6 Å². The molecule has 2 aliphatic rings. The predicted molar refractivity (Wildman–Crippen MR) is 119 cm³/mol. The Morgan fingerprint density at radius 2 is 2.03 bits per heavy atom. The molecule has 0 unspecified atom stereocenters. The molecule has 0 atom stereocenters. The zero-order chi connectivity index (χ0) is 21.3. The summed E-state index contributed by atoms with van der Waals surface area (Å²) < 4.78 is 9.19. The highest BCUT2D eigenvalue weighted by molar-refractivity contribution is 6.10. The van der Waals surface area contributed by atoms with Crippen LogP contribution in [0.4, 0.5) is 11.6 Å². The summed E-state index contributed by atoms with van der Waals surface area (Å²) in [4.78, 5) is 25.2. The van der Waals surface area contributed by atoms with Gasteiger partial charge in [-0.25, -0.2) is 9.97 Å². The minimum atomic E-state index is 0. The second-order valence-corrected chi connectivity index (χ2v) is 8.65. The lowest BCUT2D eigenvalue weighted by molar-refractivity contribution is 0.0719. The van der Waals surface area contributed by atoms with Crippen molar-refractivity contribution in [3.63, 3.8) is 0 Å². The van der Waals surface area contributed by atoms with Crippen molar-refractivity contribution in [3.8, 4) is 0 Å². The lowest BCUT2D eigenvalue weighted by Crippen LogP contribution is -2.36. The quantitative estimate of drug-likeness (QED) is 0.506. The molecule has 9 nitrogen and oxygen atoms in total. The van der Waals surface area contributed by atoms with Gasteiger partial charge in [0.1, 0.15) is 22.6 Å². The van der Waals surface area contributed by atoms with Crippen molar-refractivity contribution in [2.24, 2.45) is 7.05 Å². The number of aromatic nitrogens is 5. The van der Waals surface area contributed by atoms with Gasteiger partial charge in [0.05, 0.1) is 11.8 Å². The van der Waals surface area contributed by atoms with Gasteiger partial charge in [0, 0.05) is 38.6 Å².